The second kappa shape index (κ2) is 9.97. The Morgan fingerprint density at radius 3 is 2.17 bits per heavy atom. The van der Waals surface area contributed by atoms with Crippen molar-refractivity contribution in [2.45, 2.75) is 58.0 Å². The number of rotatable bonds is 6. The van der Waals surface area contributed by atoms with Crippen molar-refractivity contribution in [3.05, 3.63) is 80.5 Å². The average molecular weight is 541 g/mol. The molecule has 0 bridgehead atoms. The van der Waals surface area contributed by atoms with Gasteiger partial charge < -0.3 is 14.2 Å². The molecule has 182 valence electrons. The Balaban J connectivity index is 1.56. The van der Waals surface area contributed by atoms with E-state index in [1.54, 1.807) is 12.1 Å². The normalized spacial score (nSPS) is 18.3. The topological polar surface area (TPSA) is 61.8 Å². The van der Waals surface area contributed by atoms with Crippen LogP contribution in [0.25, 0.3) is 0 Å². The standard InChI is InChI=1S/C28H26BrFO5/c1-2-33-24-14-17(13-19(29)28(24)34-15-16-9-11-18(30)12-10-16)25-26-20(31)5-3-7-22(26)35-23-8-4-6-21(32)27(23)25/h9-14,25H,2-8,15H2,1H3. The molecule has 5 rings (SSSR count). The van der Waals surface area contributed by atoms with Gasteiger partial charge in [-0.2, -0.15) is 0 Å². The van der Waals surface area contributed by atoms with Gasteiger partial charge in [-0.25, -0.2) is 4.39 Å². The molecule has 0 amide bonds. The van der Waals surface area contributed by atoms with Crippen LogP contribution < -0.4 is 9.47 Å². The van der Waals surface area contributed by atoms with Gasteiger partial charge in [0.05, 0.1) is 11.1 Å². The first-order valence-electron chi connectivity index (χ1n) is 12.0. The van der Waals surface area contributed by atoms with Crippen LogP contribution in [0.2, 0.25) is 0 Å². The Hall–Kier alpha value is -2.93. The van der Waals surface area contributed by atoms with Crippen molar-refractivity contribution in [2.75, 3.05) is 6.61 Å². The van der Waals surface area contributed by atoms with Crippen LogP contribution >= 0.6 is 15.9 Å². The highest BCUT2D eigenvalue weighted by Gasteiger charge is 2.42. The zero-order valence-electron chi connectivity index (χ0n) is 19.5. The van der Waals surface area contributed by atoms with E-state index in [2.05, 4.69) is 15.9 Å². The van der Waals surface area contributed by atoms with Gasteiger partial charge in [0, 0.05) is 42.7 Å². The van der Waals surface area contributed by atoms with E-state index in [-0.39, 0.29) is 24.0 Å². The third kappa shape index (κ3) is 4.66. The summed E-state index contributed by atoms with van der Waals surface area (Å²) in [5.41, 5.74) is 2.81. The summed E-state index contributed by atoms with van der Waals surface area (Å²) < 4.78 is 32.1. The molecule has 2 aliphatic carbocycles. The van der Waals surface area contributed by atoms with Crippen molar-refractivity contribution in [1.82, 2.24) is 0 Å². The molecule has 0 N–H and O–H groups in total. The molecular formula is C28H26BrFO5. The number of hydrogen-bond donors (Lipinski definition) is 0. The number of hydrogen-bond acceptors (Lipinski definition) is 5. The number of carbonyl (C=O) groups excluding carboxylic acids is 2. The molecule has 2 aromatic carbocycles. The number of halogens is 2. The zero-order chi connectivity index (χ0) is 24.5. The molecule has 0 radical (unpaired) electrons. The van der Waals surface area contributed by atoms with Crippen molar-refractivity contribution >= 4 is 27.5 Å². The number of ketones is 2. The summed E-state index contributed by atoms with van der Waals surface area (Å²) in [5, 5.41) is 0. The summed E-state index contributed by atoms with van der Waals surface area (Å²) in [6.07, 6.45) is 3.81. The van der Waals surface area contributed by atoms with Gasteiger partial charge in [0.25, 0.3) is 0 Å². The SMILES string of the molecule is CCOc1cc(C2C3=C(CCCC3=O)OC3=C2C(=O)CCC3)cc(Br)c1OCc1ccc(F)cc1. The Morgan fingerprint density at radius 2 is 1.57 bits per heavy atom. The van der Waals surface area contributed by atoms with Gasteiger partial charge in [-0.15, -0.1) is 0 Å². The van der Waals surface area contributed by atoms with E-state index in [0.29, 0.717) is 70.9 Å². The van der Waals surface area contributed by atoms with Crippen LogP contribution in [-0.4, -0.2) is 18.2 Å². The lowest BCUT2D eigenvalue weighted by Gasteiger charge is -2.36. The molecule has 5 nitrogen and oxygen atoms in total. The van der Waals surface area contributed by atoms with E-state index >= 15 is 0 Å². The minimum Gasteiger partial charge on any atom is -0.490 e. The predicted octanol–water partition coefficient (Wildman–Crippen LogP) is 6.69. The maximum absolute atomic E-state index is 13.3. The first-order chi connectivity index (χ1) is 17.0. The highest BCUT2D eigenvalue weighted by Crippen LogP contribution is 2.50. The zero-order valence-corrected chi connectivity index (χ0v) is 21.1. The summed E-state index contributed by atoms with van der Waals surface area (Å²) >= 11 is 3.63. The molecule has 3 aliphatic rings. The number of ether oxygens (including phenoxy) is 3. The lowest BCUT2D eigenvalue weighted by atomic mass is 9.73. The minimum atomic E-state index is -0.476. The lowest BCUT2D eigenvalue weighted by Crippen LogP contribution is -2.30. The van der Waals surface area contributed by atoms with Crippen LogP contribution in [0, 0.1) is 5.82 Å². The quantitative estimate of drug-likeness (QED) is 0.408. The fraction of sp³-hybridized carbons (Fsp3) is 0.357. The van der Waals surface area contributed by atoms with E-state index in [1.807, 2.05) is 19.1 Å². The van der Waals surface area contributed by atoms with Gasteiger partial charge in [0.2, 0.25) is 0 Å². The average Bonchev–Trinajstić information content (AvgIpc) is 2.84. The second-order valence-corrected chi connectivity index (χ2v) is 9.79. The fourth-order valence-corrected chi connectivity index (χ4v) is 5.62. The van der Waals surface area contributed by atoms with Crippen molar-refractivity contribution in [3.63, 3.8) is 0 Å². The number of Topliss-reactive ketones (excluding diaryl/α,β-unsaturated/α-hetero) is 2. The molecule has 0 saturated heterocycles. The predicted molar refractivity (Wildman–Crippen MR) is 132 cm³/mol. The highest BCUT2D eigenvalue weighted by molar-refractivity contribution is 9.10. The van der Waals surface area contributed by atoms with Crippen LogP contribution in [0.4, 0.5) is 4.39 Å². The first kappa shape index (κ1) is 23.8. The molecule has 2 aromatic rings. The van der Waals surface area contributed by atoms with E-state index in [0.717, 1.165) is 24.0 Å². The van der Waals surface area contributed by atoms with Crippen LogP contribution in [0.15, 0.2) is 63.5 Å². The van der Waals surface area contributed by atoms with Crippen molar-refractivity contribution in [1.29, 1.82) is 0 Å². The first-order valence-corrected chi connectivity index (χ1v) is 12.8. The monoisotopic (exact) mass is 540 g/mol. The maximum Gasteiger partial charge on any atom is 0.175 e. The lowest BCUT2D eigenvalue weighted by molar-refractivity contribution is -0.117. The second-order valence-electron chi connectivity index (χ2n) is 8.94. The largest absolute Gasteiger partial charge is 0.490 e. The highest BCUT2D eigenvalue weighted by atomic mass is 79.9. The van der Waals surface area contributed by atoms with E-state index < -0.39 is 5.92 Å². The molecule has 1 aliphatic heterocycles. The summed E-state index contributed by atoms with van der Waals surface area (Å²) in [4.78, 5) is 26.1. The summed E-state index contributed by atoms with van der Waals surface area (Å²) in [5.74, 6) is 1.72. The molecule has 0 saturated carbocycles. The molecular weight excluding hydrogens is 515 g/mol. The van der Waals surface area contributed by atoms with Gasteiger partial charge >= 0.3 is 0 Å². The van der Waals surface area contributed by atoms with E-state index in [9.17, 15) is 14.0 Å². The van der Waals surface area contributed by atoms with E-state index in [4.69, 9.17) is 14.2 Å². The molecule has 0 aromatic heterocycles. The number of benzene rings is 2. The molecule has 0 fully saturated rings. The summed E-state index contributed by atoms with van der Waals surface area (Å²) in [6.45, 7) is 2.53. The Morgan fingerprint density at radius 1 is 0.943 bits per heavy atom. The minimum absolute atomic E-state index is 0.0342. The molecule has 0 unspecified atom stereocenters. The van der Waals surface area contributed by atoms with Crippen LogP contribution in [0.5, 0.6) is 11.5 Å². The van der Waals surface area contributed by atoms with E-state index in [1.165, 1.54) is 12.1 Å². The van der Waals surface area contributed by atoms with Gasteiger partial charge in [-0.1, -0.05) is 12.1 Å². The van der Waals surface area contributed by atoms with Gasteiger partial charge in [0.15, 0.2) is 23.1 Å². The number of carbonyl (C=O) groups is 2. The Kier molecular flexibility index (Phi) is 6.78. The van der Waals surface area contributed by atoms with Crippen LogP contribution in [0.1, 0.15) is 62.5 Å². The molecule has 0 spiro atoms. The van der Waals surface area contributed by atoms with Crippen LogP contribution in [0.3, 0.4) is 0 Å². The summed E-state index contributed by atoms with van der Waals surface area (Å²) in [7, 11) is 0. The van der Waals surface area contributed by atoms with Crippen molar-refractivity contribution in [2.24, 2.45) is 0 Å². The van der Waals surface area contributed by atoms with Crippen molar-refractivity contribution < 1.29 is 28.2 Å². The molecule has 7 heteroatoms. The summed E-state index contributed by atoms with van der Waals surface area (Å²) in [6, 6.07) is 9.90. The number of allylic oxidation sites excluding steroid dienone is 4. The maximum atomic E-state index is 13.3. The third-order valence-corrected chi connectivity index (χ3v) is 7.19. The molecule has 1 heterocycles. The van der Waals surface area contributed by atoms with Gasteiger partial charge in [0.1, 0.15) is 23.9 Å². The fourth-order valence-electron chi connectivity index (χ4n) is 5.04. The van der Waals surface area contributed by atoms with Crippen LogP contribution in [-0.2, 0) is 20.9 Å². The molecule has 0 atom stereocenters. The third-order valence-electron chi connectivity index (χ3n) is 6.60. The Bertz CT molecular complexity index is 1200. The van der Waals surface area contributed by atoms with Crippen molar-refractivity contribution in [3.8, 4) is 11.5 Å². The Labute approximate surface area is 212 Å². The molecule has 35 heavy (non-hydrogen) atoms. The van der Waals surface area contributed by atoms with Gasteiger partial charge in [-0.3, -0.25) is 9.59 Å². The van der Waals surface area contributed by atoms with Gasteiger partial charge in [-0.05, 0) is 71.1 Å². The smallest absolute Gasteiger partial charge is 0.175 e.